The van der Waals surface area contributed by atoms with Gasteiger partial charge in [-0.3, -0.25) is 0 Å². The highest BCUT2D eigenvalue weighted by atomic mass is 15.0. The molecule has 6 aromatic heterocycles. The van der Waals surface area contributed by atoms with Gasteiger partial charge in [-0.1, -0.05) is 249 Å². The van der Waals surface area contributed by atoms with Crippen molar-refractivity contribution >= 4 is 109 Å². The van der Waals surface area contributed by atoms with Gasteiger partial charge >= 0.3 is 0 Å². The lowest BCUT2D eigenvalue weighted by molar-refractivity contribution is 1.17. The number of nitrogens with zero attached hydrogens (tertiary/aromatic N) is 8. The summed E-state index contributed by atoms with van der Waals surface area (Å²) >= 11 is 0. The van der Waals surface area contributed by atoms with Crippen molar-refractivity contribution in [2.24, 2.45) is 0 Å². The maximum atomic E-state index is 5.48. The van der Waals surface area contributed by atoms with Gasteiger partial charge in [0.1, 0.15) is 0 Å². The zero-order valence-corrected chi connectivity index (χ0v) is 58.4. The second kappa shape index (κ2) is 24.5. The molecular formula is C100H62N8. The Balaban J connectivity index is 0.732. The minimum Gasteiger partial charge on any atom is -0.309 e. The van der Waals surface area contributed by atoms with Crippen LogP contribution in [0, 0.1) is 0 Å². The van der Waals surface area contributed by atoms with Crippen LogP contribution in [-0.2, 0) is 0 Å². The fraction of sp³-hybridized carbons (Fsp3) is 0. The molecule has 8 nitrogen and oxygen atoms in total. The van der Waals surface area contributed by atoms with E-state index in [4.69, 9.17) is 19.9 Å². The van der Waals surface area contributed by atoms with E-state index >= 15 is 0 Å². The van der Waals surface area contributed by atoms with E-state index in [2.05, 4.69) is 364 Å². The minimum atomic E-state index is 0.822. The maximum Gasteiger partial charge on any atom is 0.0979 e. The third-order valence-corrected chi connectivity index (χ3v) is 21.9. The molecule has 0 aliphatic carbocycles. The molecule has 0 spiro atoms. The Hall–Kier alpha value is -14.6. The van der Waals surface area contributed by atoms with Crippen molar-refractivity contribution in [2.75, 3.05) is 0 Å². The first kappa shape index (κ1) is 60.9. The monoisotopic (exact) mass is 1370 g/mol. The van der Waals surface area contributed by atoms with Crippen LogP contribution in [-0.4, -0.2) is 38.2 Å². The normalized spacial score (nSPS) is 11.9. The van der Waals surface area contributed by atoms with Crippen LogP contribution in [0.5, 0.6) is 0 Å². The SMILES string of the molecule is c1ccc(-c2cc(-n3c4ccccc4c4cc5c(cc43)c3cc(-c4ccc(-c6cc(-c7nc8ccccc8nc7-c7ccccc7)ccc6-n6c7ccccc7c7cc8c(cc76)c6ccccc6n8-c6ccccc6)cc4)ccc3n5-c3ccccc3)ccc2-c2nc3ccccc3nc2-c2ccccc2)cc1. The summed E-state index contributed by atoms with van der Waals surface area (Å²) in [6, 6.07) is 136. The molecule has 0 aliphatic heterocycles. The quantitative estimate of drug-likeness (QED) is 0.129. The molecule has 0 aliphatic rings. The van der Waals surface area contributed by atoms with Gasteiger partial charge in [0.15, 0.2) is 0 Å². The molecule has 502 valence electrons. The first-order valence-electron chi connectivity index (χ1n) is 36.8. The zero-order valence-electron chi connectivity index (χ0n) is 58.4. The number of fused-ring (bicyclic) bond motifs is 14. The average molecular weight is 1380 g/mol. The summed E-state index contributed by atoms with van der Waals surface area (Å²) < 4.78 is 9.81. The second-order valence-corrected chi connectivity index (χ2v) is 28.0. The predicted molar refractivity (Wildman–Crippen MR) is 448 cm³/mol. The van der Waals surface area contributed by atoms with Gasteiger partial charge in [0.25, 0.3) is 0 Å². The largest absolute Gasteiger partial charge is 0.309 e. The summed E-state index contributed by atoms with van der Waals surface area (Å²) in [6.07, 6.45) is 0. The van der Waals surface area contributed by atoms with Crippen molar-refractivity contribution in [1.29, 1.82) is 0 Å². The Kier molecular flexibility index (Phi) is 13.8. The minimum absolute atomic E-state index is 0.822. The van der Waals surface area contributed by atoms with Gasteiger partial charge in [0, 0.05) is 88.0 Å². The van der Waals surface area contributed by atoms with Gasteiger partial charge < -0.3 is 18.3 Å². The third-order valence-electron chi connectivity index (χ3n) is 21.9. The average Bonchev–Trinajstić information content (AvgIpc) is 1.55. The molecule has 0 saturated heterocycles. The highest BCUT2D eigenvalue weighted by Crippen LogP contribution is 2.47. The van der Waals surface area contributed by atoms with E-state index in [0.29, 0.717) is 0 Å². The Morgan fingerprint density at radius 2 is 0.500 bits per heavy atom. The number of benzene rings is 16. The lowest BCUT2D eigenvalue weighted by Crippen LogP contribution is -2.00. The molecular weight excluding hydrogens is 1310 g/mol. The van der Waals surface area contributed by atoms with E-state index in [1.807, 2.05) is 30.3 Å². The molecule has 0 unspecified atom stereocenters. The first-order chi connectivity index (χ1) is 53.6. The van der Waals surface area contributed by atoms with Crippen molar-refractivity contribution in [3.05, 3.63) is 376 Å². The number of aromatic nitrogens is 8. The molecule has 22 rings (SSSR count). The predicted octanol–water partition coefficient (Wildman–Crippen LogP) is 25.6. The number of hydrogen-bond acceptors (Lipinski definition) is 4. The fourth-order valence-electron chi connectivity index (χ4n) is 17.0. The summed E-state index contributed by atoms with van der Waals surface area (Å²) in [5.41, 5.74) is 30.7. The molecule has 0 saturated carbocycles. The van der Waals surface area contributed by atoms with Crippen LogP contribution in [0.1, 0.15) is 0 Å². The van der Waals surface area contributed by atoms with Crippen molar-refractivity contribution in [3.8, 4) is 101 Å². The first-order valence-corrected chi connectivity index (χ1v) is 36.8. The molecule has 0 fully saturated rings. The molecule has 6 heterocycles. The highest BCUT2D eigenvalue weighted by Gasteiger charge is 2.26. The smallest absolute Gasteiger partial charge is 0.0979 e. The van der Waals surface area contributed by atoms with E-state index in [9.17, 15) is 0 Å². The number of rotatable bonds is 11. The van der Waals surface area contributed by atoms with E-state index in [1.165, 1.54) is 37.8 Å². The van der Waals surface area contributed by atoms with E-state index in [0.717, 1.165) is 173 Å². The summed E-state index contributed by atoms with van der Waals surface area (Å²) in [6.45, 7) is 0. The molecule has 16 aromatic carbocycles. The van der Waals surface area contributed by atoms with Gasteiger partial charge in [0.05, 0.1) is 94.7 Å². The number of para-hydroxylation sites is 9. The van der Waals surface area contributed by atoms with Crippen LogP contribution >= 0.6 is 0 Å². The van der Waals surface area contributed by atoms with Crippen molar-refractivity contribution < 1.29 is 0 Å². The zero-order chi connectivity index (χ0) is 70.9. The van der Waals surface area contributed by atoms with Gasteiger partial charge in [-0.2, -0.15) is 0 Å². The van der Waals surface area contributed by atoms with Crippen LogP contribution in [0.4, 0.5) is 0 Å². The third kappa shape index (κ3) is 9.71. The lowest BCUT2D eigenvalue weighted by Gasteiger charge is -2.18. The van der Waals surface area contributed by atoms with Gasteiger partial charge in [-0.25, -0.2) is 19.9 Å². The summed E-state index contributed by atoms with van der Waals surface area (Å²) in [4.78, 5) is 21.6. The van der Waals surface area contributed by atoms with Crippen LogP contribution in [0.3, 0.4) is 0 Å². The van der Waals surface area contributed by atoms with Gasteiger partial charge in [-0.15, -0.1) is 0 Å². The lowest BCUT2D eigenvalue weighted by atomic mass is 9.94. The Morgan fingerprint density at radius 1 is 0.157 bits per heavy atom. The molecule has 0 radical (unpaired) electrons. The summed E-state index contributed by atoms with van der Waals surface area (Å²) in [5, 5.41) is 9.42. The second-order valence-electron chi connectivity index (χ2n) is 28.0. The number of hydrogen-bond donors (Lipinski definition) is 0. The van der Waals surface area contributed by atoms with Crippen LogP contribution in [0.15, 0.2) is 376 Å². The fourth-order valence-corrected chi connectivity index (χ4v) is 17.0. The molecule has 22 aromatic rings. The van der Waals surface area contributed by atoms with E-state index < -0.39 is 0 Å². The van der Waals surface area contributed by atoms with Gasteiger partial charge in [-0.05, 0) is 155 Å². The van der Waals surface area contributed by atoms with Crippen LogP contribution in [0.25, 0.3) is 210 Å². The summed E-state index contributed by atoms with van der Waals surface area (Å²) in [7, 11) is 0. The molecule has 8 heteroatoms. The van der Waals surface area contributed by atoms with Crippen molar-refractivity contribution in [3.63, 3.8) is 0 Å². The maximum absolute atomic E-state index is 5.48. The van der Waals surface area contributed by atoms with Crippen molar-refractivity contribution in [1.82, 2.24) is 38.2 Å². The van der Waals surface area contributed by atoms with Crippen LogP contribution < -0.4 is 0 Å². The molecule has 0 bridgehead atoms. The van der Waals surface area contributed by atoms with E-state index in [-0.39, 0.29) is 0 Å². The summed E-state index contributed by atoms with van der Waals surface area (Å²) in [5.74, 6) is 0. The van der Waals surface area contributed by atoms with E-state index in [1.54, 1.807) is 0 Å². The van der Waals surface area contributed by atoms with Crippen molar-refractivity contribution in [2.45, 2.75) is 0 Å². The molecule has 108 heavy (non-hydrogen) atoms. The standard InChI is InChI=1S/C100H62N8/c1-6-26-64(27-7-1)77-58-72(52-53-76(77)100-98(67-30-10-3-11-31-67)102-86-41-21-22-42-87(86)104-100)107-89-44-24-17-37-74(89)80-59-95-83(62-94(80)107)79-56-68(50-54-92(79)106(95)71-34-14-5-15-35-71)63-46-48-65(49-47-63)78-57-69(99-97(66-28-8-2-9-29-66)101-84-39-19-20-40-85(84)103-99)51-55-91(78)108-90-45-25-18-38-75(90)82-60-93-81(61-96(82)108)73-36-16-23-43-88(73)105(93)70-32-12-4-13-33-70/h1-62H. The highest BCUT2D eigenvalue weighted by molar-refractivity contribution is 6.21. The van der Waals surface area contributed by atoms with Crippen LogP contribution in [0.2, 0.25) is 0 Å². The molecule has 0 amide bonds. The Labute approximate surface area is 620 Å². The molecule has 0 N–H and O–H groups in total. The van der Waals surface area contributed by atoms with Gasteiger partial charge in [0.2, 0.25) is 0 Å². The Morgan fingerprint density at radius 3 is 1.01 bits per heavy atom. The topological polar surface area (TPSA) is 71.3 Å². The molecule has 0 atom stereocenters. The Bertz CT molecular complexity index is 7380.